The van der Waals surface area contributed by atoms with E-state index in [0.29, 0.717) is 41.4 Å². The molecule has 0 saturated carbocycles. The molecule has 11 aromatic rings. The van der Waals surface area contributed by atoms with Gasteiger partial charge in [0.25, 0.3) is 0 Å². The van der Waals surface area contributed by atoms with E-state index in [1.54, 1.807) is 6.20 Å². The smallest absolute Gasteiger partial charge is 0.131 e. The number of aryl methyl sites for hydroxylation is 4. The molecule has 0 saturated heterocycles. The van der Waals surface area contributed by atoms with Gasteiger partial charge in [0, 0.05) is 101 Å². The van der Waals surface area contributed by atoms with Crippen molar-refractivity contribution in [2.75, 3.05) is 0 Å². The van der Waals surface area contributed by atoms with Gasteiger partial charge in [0.1, 0.15) is 17.5 Å². The fraction of sp³-hybridized carbons (Fsp3) is 0.432. The zero-order valence-electron chi connectivity index (χ0n) is 60.1. The van der Waals surface area contributed by atoms with Crippen LogP contribution in [-0.4, -0.2) is 54.4 Å². The molecule has 500 valence electrons. The van der Waals surface area contributed by atoms with Crippen LogP contribution in [0.4, 0.5) is 0 Å². The summed E-state index contributed by atoms with van der Waals surface area (Å²) in [6.45, 7) is 51.9. The SMILES string of the molecule is C.C.CC.CC.CC.CC.CC(C)c1cc2ccccc2cn1.CC(C)c1ccc2ccccc2n1.CC(C)c1nc2ccccc2n1C.CC(C)c1ncc2ccccc2n1.Cc1ccc(C(C)C)nc1.Cc1cnc(C(C)C)cn1.Cc1cnc(C(C)C)nc1. The minimum absolute atomic E-state index is 0. The Balaban J connectivity index is 0. The van der Waals surface area contributed by atoms with E-state index in [1.165, 1.54) is 44.3 Å². The lowest BCUT2D eigenvalue weighted by atomic mass is 10.1. The summed E-state index contributed by atoms with van der Waals surface area (Å²) >= 11 is 0. The first-order valence-electron chi connectivity index (χ1n) is 32.9. The van der Waals surface area contributed by atoms with Crippen LogP contribution in [0.3, 0.4) is 0 Å². The summed E-state index contributed by atoms with van der Waals surface area (Å²) in [7, 11) is 2.07. The molecule has 11 heteroatoms. The normalized spacial score (nSPS) is 9.92. The third-order valence-electron chi connectivity index (χ3n) is 13.1. The van der Waals surface area contributed by atoms with Gasteiger partial charge in [-0.1, -0.05) is 252 Å². The van der Waals surface area contributed by atoms with Crippen LogP contribution in [0.1, 0.15) is 266 Å². The number of nitrogens with zero attached hydrogens (tertiary/aromatic N) is 11. The van der Waals surface area contributed by atoms with Gasteiger partial charge < -0.3 is 4.57 Å². The van der Waals surface area contributed by atoms with Crippen molar-refractivity contribution < 1.29 is 0 Å². The Morgan fingerprint density at radius 3 is 1.20 bits per heavy atom. The number of aromatic nitrogens is 11. The van der Waals surface area contributed by atoms with Crippen molar-refractivity contribution in [1.29, 1.82) is 0 Å². The number of pyridine rings is 3. The minimum atomic E-state index is 0. The van der Waals surface area contributed by atoms with Crippen molar-refractivity contribution in [1.82, 2.24) is 54.4 Å². The van der Waals surface area contributed by atoms with Crippen molar-refractivity contribution in [2.45, 2.75) is 229 Å². The largest absolute Gasteiger partial charge is 0.331 e. The standard InChI is InChI=1S/2C12H13N.C11H14N2.C11H12N2.C9H13N.2C8H12N2.4C2H6.2CH4/c1-9(2)12-7-10-5-3-4-6-11(10)8-13-12;1-9(2)11-8-7-10-5-3-4-6-12(10)13-11;1-8(2)11-12-9-6-4-5-7-10(9)13(11)3;1-8(2)11-12-7-9-5-3-4-6-10(9)13-11;1-7(2)9-5-4-8(3)6-10-9;1-6(2)8-5-9-7(3)4-10-8;1-6(2)8-9-4-7(3)5-10-8;4*1-2;;/h2*3-9H,1-2H3;4-8H,1-3H3;3-8H,1-2H3;4-7H,1-3H3;2*4-6H,1-3H3;4*1-2H3;2*1H4. The van der Waals surface area contributed by atoms with Crippen LogP contribution in [0.25, 0.3) is 43.6 Å². The van der Waals surface area contributed by atoms with E-state index < -0.39 is 0 Å². The molecule has 0 unspecified atom stereocenters. The van der Waals surface area contributed by atoms with Gasteiger partial charge in [0.05, 0.1) is 33.5 Å². The average molecular weight is 1250 g/mol. The van der Waals surface area contributed by atoms with E-state index in [2.05, 4.69) is 238 Å². The molecule has 11 nitrogen and oxygen atoms in total. The summed E-state index contributed by atoms with van der Waals surface area (Å²) in [5.74, 6) is 6.33. The van der Waals surface area contributed by atoms with E-state index in [1.807, 2.05) is 161 Å². The molecule has 0 aliphatic carbocycles. The van der Waals surface area contributed by atoms with Crippen LogP contribution < -0.4 is 0 Å². The second-order valence-electron chi connectivity index (χ2n) is 22.7. The van der Waals surface area contributed by atoms with Crippen LogP contribution in [0.5, 0.6) is 0 Å². The molecule has 0 atom stereocenters. The fourth-order valence-corrected chi connectivity index (χ4v) is 7.99. The molecular weight excluding hydrogens is 1130 g/mol. The monoisotopic (exact) mass is 1250 g/mol. The van der Waals surface area contributed by atoms with Gasteiger partial charge in [-0.25, -0.2) is 24.9 Å². The van der Waals surface area contributed by atoms with Crippen LogP contribution in [-0.2, 0) is 7.05 Å². The van der Waals surface area contributed by atoms with Crippen molar-refractivity contribution in [3.05, 3.63) is 228 Å². The van der Waals surface area contributed by atoms with Crippen LogP contribution >= 0.6 is 0 Å². The Kier molecular flexibility index (Phi) is 44.5. The lowest BCUT2D eigenvalue weighted by Crippen LogP contribution is -1.99. The maximum absolute atomic E-state index is 4.57. The van der Waals surface area contributed by atoms with Gasteiger partial charge in [-0.3, -0.25) is 24.9 Å². The van der Waals surface area contributed by atoms with Crippen molar-refractivity contribution in [3.8, 4) is 0 Å². The van der Waals surface area contributed by atoms with Gasteiger partial charge in [-0.05, 0) is 103 Å². The highest BCUT2D eigenvalue weighted by Gasteiger charge is 2.10. The third-order valence-corrected chi connectivity index (χ3v) is 13.1. The van der Waals surface area contributed by atoms with E-state index in [4.69, 9.17) is 0 Å². The zero-order chi connectivity index (χ0) is 67.9. The molecule has 0 radical (unpaired) electrons. The van der Waals surface area contributed by atoms with Gasteiger partial charge >= 0.3 is 0 Å². The highest BCUT2D eigenvalue weighted by Crippen LogP contribution is 2.22. The second kappa shape index (κ2) is 47.7. The predicted octanol–water partition coefficient (Wildman–Crippen LogP) is 23.9. The van der Waals surface area contributed by atoms with Gasteiger partial charge in [-0.2, -0.15) is 0 Å². The Bertz CT molecular complexity index is 3300. The molecule has 0 aliphatic heterocycles. The van der Waals surface area contributed by atoms with Gasteiger partial charge in [0.15, 0.2) is 0 Å². The molecule has 0 N–H and O–H groups in total. The van der Waals surface area contributed by atoms with Crippen molar-refractivity contribution in [2.24, 2.45) is 7.05 Å². The first kappa shape index (κ1) is 85.9. The second-order valence-corrected chi connectivity index (χ2v) is 22.7. The summed E-state index contributed by atoms with van der Waals surface area (Å²) in [6, 6.07) is 43.4. The number of hydrogen-bond acceptors (Lipinski definition) is 10. The summed E-state index contributed by atoms with van der Waals surface area (Å²) in [6.07, 6.45) is 13.1. The molecule has 0 aliphatic rings. The number of fused-ring (bicyclic) bond motifs is 4. The van der Waals surface area contributed by atoms with Gasteiger partial charge in [-0.15, -0.1) is 0 Å². The highest BCUT2D eigenvalue weighted by molar-refractivity contribution is 5.82. The number of para-hydroxylation sites is 4. The summed E-state index contributed by atoms with van der Waals surface area (Å²) in [5.41, 5.74) is 12.3. The summed E-state index contributed by atoms with van der Waals surface area (Å²) < 4.78 is 2.17. The fourth-order valence-electron chi connectivity index (χ4n) is 7.99. The molecule has 7 heterocycles. The number of hydrogen-bond donors (Lipinski definition) is 0. The molecule has 0 spiro atoms. The molecule has 4 aromatic carbocycles. The van der Waals surface area contributed by atoms with Crippen LogP contribution in [0.2, 0.25) is 0 Å². The molecule has 11 rings (SSSR count). The molecule has 7 aromatic heterocycles. The van der Waals surface area contributed by atoms with Gasteiger partial charge in [0.2, 0.25) is 0 Å². The number of imidazole rings is 1. The molecular formula is C81H121N11. The first-order valence-corrected chi connectivity index (χ1v) is 32.9. The number of rotatable bonds is 7. The average Bonchev–Trinajstić information content (AvgIpc) is 1.62. The molecule has 0 amide bonds. The van der Waals surface area contributed by atoms with Crippen molar-refractivity contribution >= 4 is 43.6 Å². The Morgan fingerprint density at radius 1 is 0.293 bits per heavy atom. The van der Waals surface area contributed by atoms with E-state index in [-0.39, 0.29) is 14.9 Å². The lowest BCUT2D eigenvalue weighted by molar-refractivity contribution is 0.722. The van der Waals surface area contributed by atoms with Crippen LogP contribution in [0.15, 0.2) is 171 Å². The third kappa shape index (κ3) is 30.3. The summed E-state index contributed by atoms with van der Waals surface area (Å²) in [5, 5.41) is 4.81. The van der Waals surface area contributed by atoms with E-state index in [0.717, 1.165) is 56.4 Å². The quantitative estimate of drug-likeness (QED) is 0.152. The maximum atomic E-state index is 4.57. The van der Waals surface area contributed by atoms with Crippen molar-refractivity contribution in [3.63, 3.8) is 0 Å². The lowest BCUT2D eigenvalue weighted by Gasteiger charge is -2.04. The Hall–Kier alpha value is -8.18. The highest BCUT2D eigenvalue weighted by atomic mass is 15.1. The molecule has 0 fully saturated rings. The zero-order valence-corrected chi connectivity index (χ0v) is 60.1. The van der Waals surface area contributed by atoms with E-state index in [9.17, 15) is 0 Å². The minimum Gasteiger partial charge on any atom is -0.331 e. The number of benzene rings is 4. The molecule has 92 heavy (non-hydrogen) atoms. The first-order chi connectivity index (χ1) is 43.1. The predicted molar refractivity (Wildman–Crippen MR) is 404 cm³/mol. The Morgan fingerprint density at radius 2 is 0.717 bits per heavy atom. The summed E-state index contributed by atoms with van der Waals surface area (Å²) in [4.78, 5) is 43.3. The Labute approximate surface area is 559 Å². The maximum Gasteiger partial charge on any atom is 0.131 e. The van der Waals surface area contributed by atoms with Crippen LogP contribution in [0, 0.1) is 20.8 Å². The van der Waals surface area contributed by atoms with E-state index >= 15 is 0 Å². The topological polar surface area (TPSA) is 134 Å². The molecule has 0 bridgehead atoms.